The van der Waals surface area contributed by atoms with E-state index in [2.05, 4.69) is 49.1 Å². The Morgan fingerprint density at radius 2 is 1.78 bits per heavy atom. The lowest BCUT2D eigenvalue weighted by molar-refractivity contribution is 0.413. The van der Waals surface area contributed by atoms with Gasteiger partial charge in [0, 0.05) is 25.0 Å². The highest BCUT2D eigenvalue weighted by Crippen LogP contribution is 2.35. The first-order valence-corrected chi connectivity index (χ1v) is 12.5. The fourth-order valence-electron chi connectivity index (χ4n) is 4.55. The van der Waals surface area contributed by atoms with Gasteiger partial charge in [0.2, 0.25) is 0 Å². The first-order valence-electron chi connectivity index (χ1n) is 11.7. The van der Waals surface area contributed by atoms with E-state index in [1.807, 2.05) is 60.7 Å². The van der Waals surface area contributed by atoms with Crippen molar-refractivity contribution in [2.24, 2.45) is 0 Å². The maximum atomic E-state index is 13.7. The van der Waals surface area contributed by atoms with Crippen LogP contribution in [-0.4, -0.2) is 26.6 Å². The molecular formula is C30H21BrN4O2. The molecule has 0 saturated heterocycles. The molecule has 0 spiro atoms. The Morgan fingerprint density at radius 1 is 0.919 bits per heavy atom. The van der Waals surface area contributed by atoms with Gasteiger partial charge in [-0.1, -0.05) is 36.4 Å². The highest BCUT2D eigenvalue weighted by Gasteiger charge is 2.15. The first kappa shape index (κ1) is 23.1. The number of fused-ring (bicyclic) bond motifs is 2. The smallest absolute Gasteiger partial charge is 0.278 e. The molecule has 180 valence electrons. The molecule has 7 heteroatoms. The van der Waals surface area contributed by atoms with Crippen molar-refractivity contribution in [3.8, 4) is 22.6 Å². The fourth-order valence-corrected chi connectivity index (χ4v) is 5.21. The number of benzene rings is 3. The lowest BCUT2D eigenvalue weighted by Crippen LogP contribution is -2.25. The molecule has 0 radical (unpaired) electrons. The van der Waals surface area contributed by atoms with Crippen LogP contribution in [0.1, 0.15) is 11.3 Å². The summed E-state index contributed by atoms with van der Waals surface area (Å²) in [5.41, 5.74) is 5.14. The van der Waals surface area contributed by atoms with Gasteiger partial charge in [-0.05, 0) is 85.9 Å². The standard InChI is InChI=1S/C30H21BrN4O2/c1-37-27-12-10-22-16-21(9-11-24(22)28(27)31)20-6-2-7-23(17-20)35-29-25(8-4-14-33-29)34-26(30(35)36)15-19-5-3-13-32-18-19/h2-14,16-18H,15H2,1H3. The number of methoxy groups -OCH3 is 1. The van der Waals surface area contributed by atoms with Crippen molar-refractivity contribution in [3.05, 3.63) is 124 Å². The molecule has 0 bridgehead atoms. The number of hydrogen-bond donors (Lipinski definition) is 0. The van der Waals surface area contributed by atoms with E-state index in [1.165, 1.54) is 0 Å². The highest BCUT2D eigenvalue weighted by molar-refractivity contribution is 9.10. The average molecular weight is 549 g/mol. The molecule has 3 aromatic carbocycles. The summed E-state index contributed by atoms with van der Waals surface area (Å²) in [6, 6.07) is 25.7. The number of rotatable bonds is 5. The third kappa shape index (κ3) is 4.27. The fraction of sp³-hybridized carbons (Fsp3) is 0.0667. The normalized spacial score (nSPS) is 11.2. The maximum Gasteiger partial charge on any atom is 0.278 e. The zero-order chi connectivity index (χ0) is 25.4. The van der Waals surface area contributed by atoms with Crippen molar-refractivity contribution in [2.75, 3.05) is 7.11 Å². The van der Waals surface area contributed by atoms with Crippen molar-refractivity contribution < 1.29 is 4.74 Å². The van der Waals surface area contributed by atoms with Crippen molar-refractivity contribution >= 4 is 37.9 Å². The summed E-state index contributed by atoms with van der Waals surface area (Å²) >= 11 is 3.65. The number of halogens is 1. The van der Waals surface area contributed by atoms with Gasteiger partial charge in [-0.25, -0.2) is 9.97 Å². The number of hydrogen-bond acceptors (Lipinski definition) is 5. The second-order valence-electron chi connectivity index (χ2n) is 8.65. The van der Waals surface area contributed by atoms with Crippen LogP contribution in [0, 0.1) is 0 Å². The Bertz CT molecular complexity index is 1830. The van der Waals surface area contributed by atoms with Crippen LogP contribution in [0.5, 0.6) is 5.75 Å². The molecule has 3 heterocycles. The molecule has 6 rings (SSSR count). The van der Waals surface area contributed by atoms with Crippen LogP contribution in [0.4, 0.5) is 0 Å². The molecule has 0 saturated carbocycles. The molecule has 0 aliphatic rings. The van der Waals surface area contributed by atoms with Gasteiger partial charge in [0.1, 0.15) is 17.0 Å². The van der Waals surface area contributed by atoms with E-state index in [-0.39, 0.29) is 5.56 Å². The number of pyridine rings is 2. The van der Waals surface area contributed by atoms with Crippen molar-refractivity contribution in [1.29, 1.82) is 0 Å². The Balaban J connectivity index is 1.49. The van der Waals surface area contributed by atoms with Gasteiger partial charge >= 0.3 is 0 Å². The van der Waals surface area contributed by atoms with E-state index in [9.17, 15) is 4.79 Å². The quantitative estimate of drug-likeness (QED) is 0.251. The molecule has 3 aromatic heterocycles. The minimum Gasteiger partial charge on any atom is -0.496 e. The predicted octanol–water partition coefficient (Wildman–Crippen LogP) is 6.36. The van der Waals surface area contributed by atoms with Crippen molar-refractivity contribution in [2.45, 2.75) is 6.42 Å². The van der Waals surface area contributed by atoms with Crippen LogP contribution in [-0.2, 0) is 6.42 Å². The molecule has 6 nitrogen and oxygen atoms in total. The van der Waals surface area contributed by atoms with Gasteiger partial charge in [-0.15, -0.1) is 0 Å². The molecule has 0 unspecified atom stereocenters. The Kier molecular flexibility index (Phi) is 5.98. The summed E-state index contributed by atoms with van der Waals surface area (Å²) < 4.78 is 8.01. The summed E-state index contributed by atoms with van der Waals surface area (Å²) in [5, 5.41) is 2.15. The topological polar surface area (TPSA) is 69.9 Å². The summed E-state index contributed by atoms with van der Waals surface area (Å²) in [5.74, 6) is 0.792. The van der Waals surface area contributed by atoms with E-state index in [4.69, 9.17) is 4.74 Å². The van der Waals surface area contributed by atoms with E-state index < -0.39 is 0 Å². The number of ether oxygens (including phenoxy) is 1. The second kappa shape index (κ2) is 9.59. The van der Waals surface area contributed by atoms with Gasteiger partial charge in [0.25, 0.3) is 5.56 Å². The lowest BCUT2D eigenvalue weighted by atomic mass is 10.0. The predicted molar refractivity (Wildman–Crippen MR) is 149 cm³/mol. The van der Waals surface area contributed by atoms with Crippen LogP contribution >= 0.6 is 15.9 Å². The Morgan fingerprint density at radius 3 is 2.62 bits per heavy atom. The van der Waals surface area contributed by atoms with E-state index >= 15 is 0 Å². The maximum absolute atomic E-state index is 13.7. The SMILES string of the molecule is COc1ccc2cc(-c3cccc(-n4c(=O)c(Cc5cccnc5)nc5cccnc54)c3)ccc2c1Br. The zero-order valence-corrected chi connectivity index (χ0v) is 21.5. The number of aromatic nitrogens is 4. The van der Waals surface area contributed by atoms with Gasteiger partial charge < -0.3 is 4.74 Å². The average Bonchev–Trinajstić information content (AvgIpc) is 2.94. The van der Waals surface area contributed by atoms with Gasteiger partial charge in [0.15, 0.2) is 5.65 Å². The number of nitrogens with zero attached hydrogens (tertiary/aromatic N) is 4. The Hall–Kier alpha value is -4.36. The van der Waals surface area contributed by atoms with E-state index in [1.54, 1.807) is 30.3 Å². The third-order valence-electron chi connectivity index (χ3n) is 6.35. The summed E-state index contributed by atoms with van der Waals surface area (Å²) in [6.45, 7) is 0. The van der Waals surface area contributed by atoms with E-state index in [0.29, 0.717) is 23.3 Å². The van der Waals surface area contributed by atoms with Gasteiger partial charge in [-0.3, -0.25) is 14.3 Å². The molecule has 0 amide bonds. The molecule has 0 aliphatic heterocycles. The molecule has 0 N–H and O–H groups in total. The van der Waals surface area contributed by atoms with E-state index in [0.717, 1.165) is 43.4 Å². The Labute approximate surface area is 221 Å². The third-order valence-corrected chi connectivity index (χ3v) is 7.17. The zero-order valence-electron chi connectivity index (χ0n) is 19.9. The van der Waals surface area contributed by atoms with Crippen LogP contribution in [0.25, 0.3) is 38.8 Å². The second-order valence-corrected chi connectivity index (χ2v) is 9.44. The van der Waals surface area contributed by atoms with Crippen molar-refractivity contribution in [3.63, 3.8) is 0 Å². The van der Waals surface area contributed by atoms with Gasteiger partial charge in [-0.2, -0.15) is 0 Å². The molecule has 0 fully saturated rings. The van der Waals surface area contributed by atoms with Crippen molar-refractivity contribution in [1.82, 2.24) is 19.5 Å². The monoisotopic (exact) mass is 548 g/mol. The minimum absolute atomic E-state index is 0.193. The van der Waals surface area contributed by atoms with Gasteiger partial charge in [0.05, 0.1) is 17.3 Å². The molecule has 0 aliphatic carbocycles. The van der Waals surface area contributed by atoms with Crippen LogP contribution in [0.3, 0.4) is 0 Å². The van der Waals surface area contributed by atoms with Crippen LogP contribution in [0.2, 0.25) is 0 Å². The first-order chi connectivity index (χ1) is 18.1. The summed E-state index contributed by atoms with van der Waals surface area (Å²) in [6.07, 6.45) is 5.54. The highest BCUT2D eigenvalue weighted by atomic mass is 79.9. The summed E-state index contributed by atoms with van der Waals surface area (Å²) in [7, 11) is 1.66. The van der Waals surface area contributed by atoms with Crippen LogP contribution in [0.15, 0.2) is 107 Å². The largest absolute Gasteiger partial charge is 0.496 e. The summed E-state index contributed by atoms with van der Waals surface area (Å²) in [4.78, 5) is 27.1. The molecule has 6 aromatic rings. The lowest BCUT2D eigenvalue weighted by Gasteiger charge is -2.13. The molecular weight excluding hydrogens is 528 g/mol. The van der Waals surface area contributed by atoms with Crippen LogP contribution < -0.4 is 10.3 Å². The minimum atomic E-state index is -0.193. The molecule has 37 heavy (non-hydrogen) atoms. The molecule has 0 atom stereocenters.